The highest BCUT2D eigenvalue weighted by molar-refractivity contribution is 5.60. The lowest BCUT2D eigenvalue weighted by atomic mass is 9.91. The average molecular weight is 1510 g/mol. The summed E-state index contributed by atoms with van der Waals surface area (Å²) in [5, 5.41) is 0. The number of pyridine rings is 3. The molecule has 0 unspecified atom stereocenters. The Labute approximate surface area is 665 Å². The molecule has 14 aromatic heterocycles. The molecule has 14 rings (SSSR count). The van der Waals surface area contributed by atoms with E-state index in [1.165, 1.54) is 6.33 Å². The summed E-state index contributed by atoms with van der Waals surface area (Å²) in [6.07, 6.45) is 32.3. The van der Waals surface area contributed by atoms with E-state index in [2.05, 4.69) is 260 Å². The number of hydrogen-bond acceptors (Lipinski definition) is 23. The molecule has 25 nitrogen and oxygen atoms in total. The van der Waals surface area contributed by atoms with Gasteiger partial charge in [0.25, 0.3) is 0 Å². The molecule has 0 amide bonds. The molecule has 0 radical (unpaired) electrons. The highest BCUT2D eigenvalue weighted by atomic mass is 15.1. The molecule has 0 aromatic carbocycles. The number of hydrogen-bond donors (Lipinski definition) is 0. The number of imidazole rings is 2. The van der Waals surface area contributed by atoms with Crippen molar-refractivity contribution in [3.8, 4) is 68.4 Å². The minimum absolute atomic E-state index is 0.00642. The van der Waals surface area contributed by atoms with Crippen LogP contribution in [-0.4, -0.2) is 124 Å². The highest BCUT2D eigenvalue weighted by Crippen LogP contribution is 2.30. The van der Waals surface area contributed by atoms with Crippen molar-refractivity contribution in [3.63, 3.8) is 0 Å². The fraction of sp³-hybridized carbons (Fsp3) is 0.352. The molecule has 0 aliphatic carbocycles. The second-order valence-corrected chi connectivity index (χ2v) is 33.7. The molecule has 0 N–H and O–H groups in total. The van der Waals surface area contributed by atoms with Gasteiger partial charge in [-0.2, -0.15) is 0 Å². The van der Waals surface area contributed by atoms with Gasteiger partial charge in [0, 0.05) is 163 Å². The zero-order valence-corrected chi connectivity index (χ0v) is 69.9. The van der Waals surface area contributed by atoms with Gasteiger partial charge >= 0.3 is 0 Å². The quantitative estimate of drug-likeness (QED) is 0.143. The summed E-state index contributed by atoms with van der Waals surface area (Å²) >= 11 is 0. The minimum Gasteiger partial charge on any atom is -0.288 e. The molecule has 0 aliphatic rings. The normalized spacial score (nSPS) is 11.5. The van der Waals surface area contributed by atoms with E-state index in [9.17, 15) is 0 Å². The Hall–Kier alpha value is -12.4. The molecule has 0 spiro atoms. The fourth-order valence-corrected chi connectivity index (χ4v) is 10.3. The van der Waals surface area contributed by atoms with Crippen LogP contribution in [0.1, 0.15) is 203 Å². The van der Waals surface area contributed by atoms with E-state index >= 15 is 0 Å². The molecule has 14 aromatic rings. The lowest BCUT2D eigenvalue weighted by Gasteiger charge is -2.18. The Kier molecular flexibility index (Phi) is 29.0. The Morgan fingerprint density at radius 3 is 1.05 bits per heavy atom. The number of nitrogens with zero attached hydrogens (tertiary/aromatic N) is 25. The first-order valence-electron chi connectivity index (χ1n) is 37.3. The van der Waals surface area contributed by atoms with E-state index in [1.54, 1.807) is 99.9 Å². The van der Waals surface area contributed by atoms with Gasteiger partial charge in [0.15, 0.2) is 5.82 Å². The van der Waals surface area contributed by atoms with Crippen molar-refractivity contribution < 1.29 is 0 Å². The monoisotopic (exact) mass is 1510 g/mol. The third-order valence-corrected chi connectivity index (χ3v) is 16.9. The van der Waals surface area contributed by atoms with Crippen LogP contribution in [0.5, 0.6) is 0 Å². The van der Waals surface area contributed by atoms with Crippen LogP contribution in [0, 0.1) is 20.8 Å². The van der Waals surface area contributed by atoms with Gasteiger partial charge in [-0.1, -0.05) is 151 Å². The van der Waals surface area contributed by atoms with Gasteiger partial charge < -0.3 is 0 Å². The van der Waals surface area contributed by atoms with Gasteiger partial charge in [-0.25, -0.2) is 99.7 Å². The van der Waals surface area contributed by atoms with Crippen molar-refractivity contribution in [3.05, 3.63) is 273 Å². The van der Waals surface area contributed by atoms with Crippen LogP contribution >= 0.6 is 0 Å². The van der Waals surface area contributed by atoms with Gasteiger partial charge in [-0.3, -0.25) is 24.1 Å². The van der Waals surface area contributed by atoms with E-state index < -0.39 is 0 Å². The van der Waals surface area contributed by atoms with Crippen molar-refractivity contribution >= 4 is 0 Å². The van der Waals surface area contributed by atoms with Crippen LogP contribution in [0.2, 0.25) is 0 Å². The summed E-state index contributed by atoms with van der Waals surface area (Å²) in [5.74, 6) is 4.27. The maximum Gasteiger partial charge on any atom is 0.178 e. The summed E-state index contributed by atoms with van der Waals surface area (Å²) in [4.78, 5) is 97.2. The number of rotatable bonds is 7. The Morgan fingerprint density at radius 1 is 0.239 bits per heavy atom. The Balaban J connectivity index is 0.000000165. The maximum absolute atomic E-state index is 4.34. The molecule has 0 fully saturated rings. The maximum atomic E-state index is 4.34. The zero-order chi connectivity index (χ0) is 82.4. The average Bonchev–Trinajstić information content (AvgIpc) is 1.74. The van der Waals surface area contributed by atoms with Gasteiger partial charge in [-0.05, 0) is 99.6 Å². The second-order valence-electron chi connectivity index (χ2n) is 33.7. The molecule has 113 heavy (non-hydrogen) atoms. The third kappa shape index (κ3) is 26.1. The fourth-order valence-electron chi connectivity index (χ4n) is 10.3. The SMILES string of the molecule is CC(C)(C)c1cc(-c2ccccn2)ncn1.CC(C)(C)c1cc(-c2cccnc2)ncn1.CC(C)(C)c1cc(-c2ccncc2)ncn1.CC(C)(C)c1cc(-c2ccncn2)ncn1.CC(C)(C)c1cc(-c2ncccn2)ncn1.Cc1cnc(C)n1-c1cc(C(C)(C)C)ncn1.Cc1nccn1-c1cc(C(C)(C)C)ncn1. The van der Waals surface area contributed by atoms with Crippen molar-refractivity contribution in [1.29, 1.82) is 0 Å². The molecule has 14 heterocycles. The van der Waals surface area contributed by atoms with E-state index in [1.807, 2.05) is 139 Å². The predicted octanol–water partition coefficient (Wildman–Crippen LogP) is 17.8. The van der Waals surface area contributed by atoms with E-state index in [0.717, 1.165) is 120 Å². The van der Waals surface area contributed by atoms with Crippen LogP contribution in [0.3, 0.4) is 0 Å². The van der Waals surface area contributed by atoms with Crippen molar-refractivity contribution in [1.82, 2.24) is 124 Å². The molecule has 0 saturated carbocycles. The van der Waals surface area contributed by atoms with Crippen LogP contribution in [-0.2, 0) is 37.9 Å². The number of aromatic nitrogens is 25. The smallest absolute Gasteiger partial charge is 0.178 e. The summed E-state index contributed by atoms with van der Waals surface area (Å²) < 4.78 is 3.99. The largest absolute Gasteiger partial charge is 0.288 e. The first kappa shape index (κ1) is 86.2. The zero-order valence-electron chi connectivity index (χ0n) is 69.9. The summed E-state index contributed by atoms with van der Waals surface area (Å²) in [6, 6.07) is 31.3. The van der Waals surface area contributed by atoms with Crippen LogP contribution in [0.25, 0.3) is 68.4 Å². The standard InChI is InChI=1S/C13H18N4.3C13H15N3.C12H16N4.2C12H14N4/c1-9-7-14-10(2)17(9)12-6-11(13(3,4)5)15-8-16-12;1-13(2,3)12-8-11(15-9-16-12)10-4-6-14-7-5-10;1-13(2,3)12-7-11(15-9-16-12)10-5-4-6-14-8-10;1-13(2,3)12-8-11(15-9-16-12)10-6-4-5-7-14-10;1-9-13-5-6-16(9)11-7-10(12(2,3)4)14-8-15-11;1-12(2,3)11-6-10(15-8-16-11)9-4-5-13-7-14-9;1-12(2,3)10-7-9(15-8-16-10)11-13-5-4-6-14-11/h6-8H,1-5H3;3*4-9H,1-3H3;5-8H,1-4H3;2*4-8H,1-3H3. The van der Waals surface area contributed by atoms with E-state index in [0.29, 0.717) is 5.82 Å². The molecule has 584 valence electrons. The van der Waals surface area contributed by atoms with Crippen LogP contribution < -0.4 is 0 Å². The van der Waals surface area contributed by atoms with Gasteiger partial charge in [0.2, 0.25) is 0 Å². The van der Waals surface area contributed by atoms with Crippen molar-refractivity contribution in [2.75, 3.05) is 0 Å². The van der Waals surface area contributed by atoms with Gasteiger partial charge in [0.05, 0.1) is 45.6 Å². The molecule has 0 aliphatic heterocycles. The summed E-state index contributed by atoms with van der Waals surface area (Å²) in [7, 11) is 0. The molecule has 25 heteroatoms. The molecule has 0 bridgehead atoms. The van der Waals surface area contributed by atoms with E-state index in [-0.39, 0.29) is 37.9 Å². The third-order valence-electron chi connectivity index (χ3n) is 16.9. The molecular formula is C88H107N25. The van der Waals surface area contributed by atoms with Crippen molar-refractivity contribution in [2.45, 2.75) is 204 Å². The minimum atomic E-state index is 0.00642. The highest BCUT2D eigenvalue weighted by Gasteiger charge is 2.23. The van der Waals surface area contributed by atoms with E-state index in [4.69, 9.17) is 0 Å². The number of aryl methyl sites for hydroxylation is 3. The second kappa shape index (κ2) is 38.0. The molecule has 0 atom stereocenters. The van der Waals surface area contributed by atoms with Gasteiger partial charge in [-0.15, -0.1) is 0 Å². The lowest BCUT2D eigenvalue weighted by molar-refractivity contribution is 0.565. The van der Waals surface area contributed by atoms with Gasteiger partial charge in [0.1, 0.15) is 79.6 Å². The Morgan fingerprint density at radius 2 is 0.637 bits per heavy atom. The summed E-state index contributed by atoms with van der Waals surface area (Å²) in [6.45, 7) is 50.8. The van der Waals surface area contributed by atoms with Crippen LogP contribution in [0.15, 0.2) is 216 Å². The van der Waals surface area contributed by atoms with Crippen molar-refractivity contribution in [2.24, 2.45) is 0 Å². The Bertz CT molecular complexity index is 4680. The first-order valence-corrected chi connectivity index (χ1v) is 37.3. The first-order chi connectivity index (χ1) is 53.2. The molecule has 0 saturated heterocycles. The lowest BCUT2D eigenvalue weighted by Crippen LogP contribution is -2.15. The molecular weight excluding hydrogens is 1410 g/mol. The summed E-state index contributed by atoms with van der Waals surface area (Å²) in [5.41, 5.74) is 16.6. The van der Waals surface area contributed by atoms with Crippen LogP contribution in [0.4, 0.5) is 0 Å². The predicted molar refractivity (Wildman–Crippen MR) is 445 cm³/mol. The topological polar surface area (TPSA) is 306 Å².